The average Bonchev–Trinajstić information content (AvgIpc) is 2.06. The fraction of sp³-hybridized carbons (Fsp3) is 0.0909. The average molecular weight is 176 g/mol. The molecule has 0 radical (unpaired) electrons. The molecule has 0 fully saturated rings. The van der Waals surface area contributed by atoms with Gasteiger partial charge < -0.3 is 5.11 Å². The molecule has 0 heterocycles. The fourth-order valence-corrected chi connectivity index (χ4v) is 1.50. The second-order valence-electron chi connectivity index (χ2n) is 3.13. The van der Waals surface area contributed by atoms with Crippen molar-refractivity contribution in [2.45, 2.75) is 6.92 Å². The Bertz CT molecular complexity index is 463. The molecule has 0 saturated carbocycles. The summed E-state index contributed by atoms with van der Waals surface area (Å²) in [6.45, 7) is 1.85. The van der Waals surface area contributed by atoms with E-state index >= 15 is 0 Å². The van der Waals surface area contributed by atoms with Gasteiger partial charge in [0.25, 0.3) is 0 Å². The van der Waals surface area contributed by atoms with Crippen LogP contribution in [0.5, 0.6) is 5.75 Å². The molecule has 0 aliphatic carbocycles. The molecule has 0 amide bonds. The molecule has 0 spiro atoms. The number of benzene rings is 2. The van der Waals surface area contributed by atoms with Gasteiger partial charge in [-0.25, -0.2) is 4.39 Å². The summed E-state index contributed by atoms with van der Waals surface area (Å²) < 4.78 is 12.9. The summed E-state index contributed by atoms with van der Waals surface area (Å²) in [5.74, 6) is -0.0297. The minimum absolute atomic E-state index is 0.219. The molecule has 0 saturated heterocycles. The van der Waals surface area contributed by atoms with E-state index in [1.807, 2.05) is 6.92 Å². The molecular formula is C11H9FO. The van der Waals surface area contributed by atoms with Crippen LogP contribution in [0.2, 0.25) is 0 Å². The minimum Gasteiger partial charge on any atom is -0.508 e. The molecule has 0 aliphatic heterocycles. The molecule has 0 bridgehead atoms. The third-order valence-electron chi connectivity index (χ3n) is 2.11. The van der Waals surface area contributed by atoms with Gasteiger partial charge in [0.1, 0.15) is 11.6 Å². The van der Waals surface area contributed by atoms with Gasteiger partial charge in [0.15, 0.2) is 0 Å². The van der Waals surface area contributed by atoms with Gasteiger partial charge in [0, 0.05) is 0 Å². The third-order valence-corrected chi connectivity index (χ3v) is 2.11. The van der Waals surface area contributed by atoms with Crippen molar-refractivity contribution in [2.24, 2.45) is 0 Å². The van der Waals surface area contributed by atoms with Crippen LogP contribution < -0.4 is 0 Å². The van der Waals surface area contributed by atoms with Crippen LogP contribution in [0.3, 0.4) is 0 Å². The molecule has 2 heteroatoms. The molecule has 2 aromatic carbocycles. The van der Waals surface area contributed by atoms with Crippen LogP contribution >= 0.6 is 0 Å². The maximum atomic E-state index is 12.9. The molecule has 0 unspecified atom stereocenters. The van der Waals surface area contributed by atoms with Crippen molar-refractivity contribution >= 4 is 10.8 Å². The van der Waals surface area contributed by atoms with Gasteiger partial charge in [-0.2, -0.15) is 0 Å². The maximum absolute atomic E-state index is 12.9. The van der Waals surface area contributed by atoms with E-state index in [0.29, 0.717) is 0 Å². The third kappa shape index (κ3) is 1.35. The molecule has 0 aromatic heterocycles. The first kappa shape index (κ1) is 8.05. The first-order valence-corrected chi connectivity index (χ1v) is 4.06. The lowest BCUT2D eigenvalue weighted by Crippen LogP contribution is -1.80. The maximum Gasteiger partial charge on any atom is 0.123 e. The van der Waals surface area contributed by atoms with E-state index in [2.05, 4.69) is 0 Å². The highest BCUT2D eigenvalue weighted by Gasteiger charge is 2.00. The molecule has 2 rings (SSSR count). The summed E-state index contributed by atoms with van der Waals surface area (Å²) in [5.41, 5.74) is 0.884. The van der Waals surface area contributed by atoms with Gasteiger partial charge in [-0.05, 0) is 47.5 Å². The Kier molecular flexibility index (Phi) is 1.69. The van der Waals surface area contributed by atoms with Crippen LogP contribution in [0, 0.1) is 12.7 Å². The smallest absolute Gasteiger partial charge is 0.123 e. The van der Waals surface area contributed by atoms with Gasteiger partial charge in [0.2, 0.25) is 0 Å². The van der Waals surface area contributed by atoms with E-state index in [1.165, 1.54) is 12.1 Å². The monoisotopic (exact) mass is 176 g/mol. The Morgan fingerprint density at radius 1 is 1.15 bits per heavy atom. The van der Waals surface area contributed by atoms with Gasteiger partial charge in [-0.1, -0.05) is 6.07 Å². The number of hydrogen-bond acceptors (Lipinski definition) is 1. The lowest BCUT2D eigenvalue weighted by Gasteiger charge is -2.02. The van der Waals surface area contributed by atoms with Crippen molar-refractivity contribution < 1.29 is 9.50 Å². The molecule has 1 nitrogen and oxygen atoms in total. The van der Waals surface area contributed by atoms with E-state index in [1.54, 1.807) is 18.2 Å². The van der Waals surface area contributed by atoms with Crippen molar-refractivity contribution in [3.8, 4) is 5.75 Å². The summed E-state index contributed by atoms with van der Waals surface area (Å²) in [5, 5.41) is 11.0. The summed E-state index contributed by atoms with van der Waals surface area (Å²) in [7, 11) is 0. The van der Waals surface area contributed by atoms with Crippen LogP contribution in [-0.2, 0) is 0 Å². The van der Waals surface area contributed by atoms with Crippen LogP contribution in [0.4, 0.5) is 4.39 Å². The van der Waals surface area contributed by atoms with Gasteiger partial charge in [0.05, 0.1) is 0 Å². The van der Waals surface area contributed by atoms with Crippen LogP contribution in [0.15, 0.2) is 30.3 Å². The summed E-state index contributed by atoms with van der Waals surface area (Å²) >= 11 is 0. The van der Waals surface area contributed by atoms with Crippen LogP contribution in [-0.4, -0.2) is 5.11 Å². The lowest BCUT2D eigenvalue weighted by atomic mass is 10.1. The van der Waals surface area contributed by atoms with Gasteiger partial charge >= 0.3 is 0 Å². The lowest BCUT2D eigenvalue weighted by molar-refractivity contribution is 0.476. The zero-order valence-electron chi connectivity index (χ0n) is 7.21. The predicted octanol–water partition coefficient (Wildman–Crippen LogP) is 2.99. The number of aryl methyl sites for hydroxylation is 1. The highest BCUT2D eigenvalue weighted by molar-refractivity contribution is 5.86. The molecule has 1 N–H and O–H groups in total. The van der Waals surface area contributed by atoms with E-state index in [9.17, 15) is 9.50 Å². The van der Waals surface area contributed by atoms with E-state index in [-0.39, 0.29) is 11.6 Å². The number of aromatic hydroxyl groups is 1. The SMILES string of the molecule is Cc1cc(O)cc2ccc(F)cc12. The Hall–Kier alpha value is -1.57. The number of hydrogen-bond donors (Lipinski definition) is 1. The largest absolute Gasteiger partial charge is 0.508 e. The first-order chi connectivity index (χ1) is 6.16. The standard InChI is InChI=1S/C11H9FO/c1-7-4-10(13)5-8-2-3-9(12)6-11(7)8/h2-6,13H,1H3. The predicted molar refractivity (Wildman–Crippen MR) is 50.3 cm³/mol. The number of halogens is 1. The Morgan fingerprint density at radius 2 is 1.92 bits per heavy atom. The topological polar surface area (TPSA) is 20.2 Å². The number of rotatable bonds is 0. The van der Waals surface area contributed by atoms with Crippen molar-refractivity contribution in [2.75, 3.05) is 0 Å². The minimum atomic E-state index is -0.249. The van der Waals surface area contributed by atoms with Crippen LogP contribution in [0.25, 0.3) is 10.8 Å². The van der Waals surface area contributed by atoms with Crippen molar-refractivity contribution in [1.82, 2.24) is 0 Å². The highest BCUT2D eigenvalue weighted by Crippen LogP contribution is 2.24. The number of phenolic OH excluding ortho intramolecular Hbond substituents is 1. The molecule has 13 heavy (non-hydrogen) atoms. The summed E-state index contributed by atoms with van der Waals surface area (Å²) in [6, 6.07) is 7.78. The highest BCUT2D eigenvalue weighted by atomic mass is 19.1. The molecule has 0 aliphatic rings. The van der Waals surface area contributed by atoms with Crippen molar-refractivity contribution in [1.29, 1.82) is 0 Å². The molecule has 2 aromatic rings. The van der Waals surface area contributed by atoms with E-state index < -0.39 is 0 Å². The summed E-state index contributed by atoms with van der Waals surface area (Å²) in [6.07, 6.45) is 0. The van der Waals surface area contributed by atoms with E-state index in [4.69, 9.17) is 0 Å². The van der Waals surface area contributed by atoms with Gasteiger partial charge in [-0.15, -0.1) is 0 Å². The second-order valence-corrected chi connectivity index (χ2v) is 3.13. The Morgan fingerprint density at radius 3 is 2.69 bits per heavy atom. The summed E-state index contributed by atoms with van der Waals surface area (Å²) in [4.78, 5) is 0. The Balaban J connectivity index is 2.87. The van der Waals surface area contributed by atoms with Crippen molar-refractivity contribution in [3.63, 3.8) is 0 Å². The number of phenols is 1. The molecular weight excluding hydrogens is 167 g/mol. The Labute approximate surface area is 75.4 Å². The van der Waals surface area contributed by atoms with Gasteiger partial charge in [-0.3, -0.25) is 0 Å². The van der Waals surface area contributed by atoms with Crippen molar-refractivity contribution in [3.05, 3.63) is 41.7 Å². The van der Waals surface area contributed by atoms with E-state index in [0.717, 1.165) is 16.3 Å². The molecule has 0 atom stereocenters. The quantitative estimate of drug-likeness (QED) is 0.654. The zero-order valence-corrected chi connectivity index (χ0v) is 7.21. The fourth-order valence-electron chi connectivity index (χ4n) is 1.50. The normalized spacial score (nSPS) is 10.6. The van der Waals surface area contributed by atoms with Crippen LogP contribution in [0.1, 0.15) is 5.56 Å². The molecule has 66 valence electrons. The zero-order chi connectivity index (χ0) is 9.42. The second kappa shape index (κ2) is 2.73. The number of fused-ring (bicyclic) bond motifs is 1. The first-order valence-electron chi connectivity index (χ1n) is 4.06.